The third kappa shape index (κ3) is 2.20. The molecule has 1 aliphatic heterocycles. The molecular formula is C11H15N5O2. The third-order valence-corrected chi connectivity index (χ3v) is 2.95. The lowest BCUT2D eigenvalue weighted by atomic mass is 10.2. The van der Waals surface area contributed by atoms with E-state index in [1.54, 1.807) is 11.9 Å². The SMILES string of the molecule is CN1CCC(Nc2cc(C(N)=O)c(N)cn2)C1=O. The van der Waals surface area contributed by atoms with Crippen LogP contribution in [0.2, 0.25) is 0 Å². The van der Waals surface area contributed by atoms with E-state index in [2.05, 4.69) is 10.3 Å². The minimum atomic E-state index is -0.618. The largest absolute Gasteiger partial charge is 0.397 e. The first kappa shape index (κ1) is 12.2. The number of pyridine rings is 1. The van der Waals surface area contributed by atoms with E-state index in [1.165, 1.54) is 12.3 Å². The van der Waals surface area contributed by atoms with Crippen molar-refractivity contribution in [1.29, 1.82) is 0 Å². The smallest absolute Gasteiger partial charge is 0.250 e. The number of likely N-dealkylation sites (tertiary alicyclic amines) is 1. The number of hydrogen-bond acceptors (Lipinski definition) is 5. The van der Waals surface area contributed by atoms with Crippen LogP contribution in [0.15, 0.2) is 12.3 Å². The van der Waals surface area contributed by atoms with Crippen molar-refractivity contribution in [1.82, 2.24) is 9.88 Å². The van der Waals surface area contributed by atoms with E-state index in [0.717, 1.165) is 0 Å². The predicted octanol–water partition coefficient (Wildman–Crippen LogP) is -0.595. The zero-order valence-electron chi connectivity index (χ0n) is 10.0. The van der Waals surface area contributed by atoms with E-state index in [1.807, 2.05) is 0 Å². The van der Waals surface area contributed by atoms with Gasteiger partial charge in [0.15, 0.2) is 0 Å². The first-order valence-electron chi connectivity index (χ1n) is 5.56. The van der Waals surface area contributed by atoms with Crippen molar-refractivity contribution < 1.29 is 9.59 Å². The molecule has 0 saturated carbocycles. The highest BCUT2D eigenvalue weighted by Crippen LogP contribution is 2.18. The predicted molar refractivity (Wildman–Crippen MR) is 66.8 cm³/mol. The van der Waals surface area contributed by atoms with Gasteiger partial charge in [0.1, 0.15) is 11.9 Å². The van der Waals surface area contributed by atoms with Gasteiger partial charge in [0.05, 0.1) is 17.4 Å². The molecule has 5 N–H and O–H groups in total. The number of amides is 2. The Balaban J connectivity index is 2.18. The summed E-state index contributed by atoms with van der Waals surface area (Å²) in [4.78, 5) is 28.5. The summed E-state index contributed by atoms with van der Waals surface area (Å²) in [6.45, 7) is 0.703. The first-order valence-corrected chi connectivity index (χ1v) is 5.56. The van der Waals surface area contributed by atoms with Gasteiger partial charge in [-0.15, -0.1) is 0 Å². The molecule has 1 aromatic rings. The average molecular weight is 249 g/mol. The van der Waals surface area contributed by atoms with Crippen LogP contribution in [0.4, 0.5) is 11.5 Å². The molecule has 1 aliphatic rings. The number of carbonyl (C=O) groups is 2. The minimum Gasteiger partial charge on any atom is -0.397 e. The molecule has 0 bridgehead atoms. The Hall–Kier alpha value is -2.31. The number of likely N-dealkylation sites (N-methyl/N-ethyl adjacent to an activating group) is 1. The number of rotatable bonds is 3. The minimum absolute atomic E-state index is 0.00856. The molecule has 2 rings (SSSR count). The zero-order chi connectivity index (χ0) is 13.3. The summed E-state index contributed by atoms with van der Waals surface area (Å²) < 4.78 is 0. The second kappa shape index (κ2) is 4.52. The highest BCUT2D eigenvalue weighted by atomic mass is 16.2. The van der Waals surface area contributed by atoms with E-state index in [-0.39, 0.29) is 23.2 Å². The monoisotopic (exact) mass is 249 g/mol. The van der Waals surface area contributed by atoms with Gasteiger partial charge in [-0.3, -0.25) is 9.59 Å². The Morgan fingerprint density at radius 3 is 2.89 bits per heavy atom. The number of nitrogens with two attached hydrogens (primary N) is 2. The number of carbonyl (C=O) groups excluding carboxylic acids is 2. The molecule has 7 heteroatoms. The lowest BCUT2D eigenvalue weighted by Gasteiger charge is -2.13. The maximum Gasteiger partial charge on any atom is 0.250 e. The standard InChI is InChI=1S/C11H15N5O2/c1-16-3-2-8(11(16)18)15-9-4-6(10(13)17)7(12)5-14-9/h4-5,8H,2-3,12H2,1H3,(H2,13,17)(H,14,15). The molecule has 18 heavy (non-hydrogen) atoms. The first-order chi connectivity index (χ1) is 8.49. The molecule has 0 radical (unpaired) electrons. The van der Waals surface area contributed by atoms with Crippen LogP contribution >= 0.6 is 0 Å². The Morgan fingerprint density at radius 2 is 2.33 bits per heavy atom. The second-order valence-corrected chi connectivity index (χ2v) is 4.27. The molecule has 96 valence electrons. The van der Waals surface area contributed by atoms with Crippen LogP contribution < -0.4 is 16.8 Å². The van der Waals surface area contributed by atoms with Gasteiger partial charge in [0, 0.05) is 13.6 Å². The molecule has 1 unspecified atom stereocenters. The quantitative estimate of drug-likeness (QED) is 0.662. The molecule has 0 spiro atoms. The van der Waals surface area contributed by atoms with Crippen molar-refractivity contribution in [2.75, 3.05) is 24.6 Å². The van der Waals surface area contributed by atoms with Gasteiger partial charge in [0.25, 0.3) is 5.91 Å². The number of nitrogen functional groups attached to an aromatic ring is 1. The van der Waals surface area contributed by atoms with Gasteiger partial charge in [0.2, 0.25) is 5.91 Å². The number of anilines is 2. The number of hydrogen-bond donors (Lipinski definition) is 3. The van der Waals surface area contributed by atoms with Crippen molar-refractivity contribution in [3.05, 3.63) is 17.8 Å². The van der Waals surface area contributed by atoms with Crippen LogP contribution in [0.1, 0.15) is 16.8 Å². The number of aromatic nitrogens is 1. The summed E-state index contributed by atoms with van der Waals surface area (Å²) >= 11 is 0. The van der Waals surface area contributed by atoms with Crippen LogP contribution in [0.3, 0.4) is 0 Å². The van der Waals surface area contributed by atoms with Gasteiger partial charge < -0.3 is 21.7 Å². The van der Waals surface area contributed by atoms with Gasteiger partial charge in [-0.25, -0.2) is 4.98 Å². The summed E-state index contributed by atoms with van der Waals surface area (Å²) in [5.41, 5.74) is 11.2. The molecule has 1 saturated heterocycles. The van der Waals surface area contributed by atoms with Crippen LogP contribution in [0.25, 0.3) is 0 Å². The zero-order valence-corrected chi connectivity index (χ0v) is 10.0. The van der Waals surface area contributed by atoms with Crippen molar-refractivity contribution >= 4 is 23.3 Å². The topological polar surface area (TPSA) is 114 Å². The van der Waals surface area contributed by atoms with Crippen molar-refractivity contribution in [2.45, 2.75) is 12.5 Å². The molecule has 1 aromatic heterocycles. The maximum absolute atomic E-state index is 11.7. The van der Waals surface area contributed by atoms with Crippen LogP contribution in [-0.2, 0) is 4.79 Å². The Morgan fingerprint density at radius 1 is 1.61 bits per heavy atom. The molecule has 0 aromatic carbocycles. The van der Waals surface area contributed by atoms with E-state index < -0.39 is 5.91 Å². The molecule has 2 amide bonds. The fourth-order valence-corrected chi connectivity index (χ4v) is 1.89. The fourth-order valence-electron chi connectivity index (χ4n) is 1.89. The number of nitrogens with zero attached hydrogens (tertiary/aromatic N) is 2. The van der Waals surface area contributed by atoms with Crippen molar-refractivity contribution in [3.8, 4) is 0 Å². The number of primary amides is 1. The van der Waals surface area contributed by atoms with E-state index in [9.17, 15) is 9.59 Å². The maximum atomic E-state index is 11.7. The summed E-state index contributed by atoms with van der Waals surface area (Å²) in [7, 11) is 1.75. The lowest BCUT2D eigenvalue weighted by Crippen LogP contribution is -2.31. The van der Waals surface area contributed by atoms with Crippen molar-refractivity contribution in [2.24, 2.45) is 5.73 Å². The van der Waals surface area contributed by atoms with Crippen LogP contribution in [0.5, 0.6) is 0 Å². The van der Waals surface area contributed by atoms with E-state index >= 15 is 0 Å². The van der Waals surface area contributed by atoms with Gasteiger partial charge in [-0.2, -0.15) is 0 Å². The molecule has 1 atom stereocenters. The van der Waals surface area contributed by atoms with Crippen LogP contribution in [0, 0.1) is 0 Å². The Labute approximate surface area is 104 Å². The molecule has 7 nitrogen and oxygen atoms in total. The summed E-state index contributed by atoms with van der Waals surface area (Å²) in [6, 6.07) is 1.15. The lowest BCUT2D eigenvalue weighted by molar-refractivity contribution is -0.127. The summed E-state index contributed by atoms with van der Waals surface area (Å²) in [6.07, 6.45) is 2.05. The number of nitrogens with one attached hydrogen (secondary N) is 1. The third-order valence-electron chi connectivity index (χ3n) is 2.95. The van der Waals surface area contributed by atoms with E-state index in [4.69, 9.17) is 11.5 Å². The summed E-state index contributed by atoms with van der Waals surface area (Å²) in [5, 5.41) is 2.98. The second-order valence-electron chi connectivity index (χ2n) is 4.27. The molecule has 2 heterocycles. The van der Waals surface area contributed by atoms with Crippen LogP contribution in [-0.4, -0.2) is 41.3 Å². The van der Waals surface area contributed by atoms with Gasteiger partial charge in [-0.05, 0) is 12.5 Å². The Kier molecular flexibility index (Phi) is 3.05. The normalized spacial score (nSPS) is 19.1. The highest BCUT2D eigenvalue weighted by molar-refractivity contribution is 5.98. The van der Waals surface area contributed by atoms with Gasteiger partial charge >= 0.3 is 0 Å². The molecule has 0 aliphatic carbocycles. The Bertz CT molecular complexity index is 502. The summed E-state index contributed by atoms with van der Waals surface area (Å²) in [5.74, 6) is -0.186. The van der Waals surface area contributed by atoms with E-state index in [0.29, 0.717) is 18.8 Å². The highest BCUT2D eigenvalue weighted by Gasteiger charge is 2.29. The van der Waals surface area contributed by atoms with Crippen molar-refractivity contribution in [3.63, 3.8) is 0 Å². The van der Waals surface area contributed by atoms with Gasteiger partial charge in [-0.1, -0.05) is 0 Å². The molecule has 1 fully saturated rings. The fraction of sp³-hybridized carbons (Fsp3) is 0.364. The molecular weight excluding hydrogens is 234 g/mol. The average Bonchev–Trinajstić information content (AvgIpc) is 2.63.